The molecular formula is C22H25N3O4S. The molecule has 0 saturated carbocycles. The van der Waals surface area contributed by atoms with E-state index < -0.39 is 12.0 Å². The van der Waals surface area contributed by atoms with Gasteiger partial charge < -0.3 is 15.0 Å². The number of nitrogens with one attached hydrogen (secondary N) is 1. The standard InChI is InChI=1S/C22H25N3O4S/c1-4-29-22(28)24(2)17-7-5-16(6-8-17)23-21(27)15-13-20(26)25(14-15)18-9-11-19(30-3)12-10-18/h5-12,15H,4,13-14H2,1-3H3,(H,23,27). The second-order valence-corrected chi connectivity index (χ2v) is 7.78. The van der Waals surface area contributed by atoms with E-state index in [9.17, 15) is 14.4 Å². The van der Waals surface area contributed by atoms with E-state index in [1.165, 1.54) is 4.90 Å². The van der Waals surface area contributed by atoms with Crippen LogP contribution in [0.3, 0.4) is 0 Å². The maximum Gasteiger partial charge on any atom is 0.413 e. The van der Waals surface area contributed by atoms with Gasteiger partial charge in [-0.15, -0.1) is 11.8 Å². The number of rotatable bonds is 6. The summed E-state index contributed by atoms with van der Waals surface area (Å²) in [6.07, 6.45) is 1.74. The zero-order valence-corrected chi connectivity index (χ0v) is 18.1. The fraction of sp³-hybridized carbons (Fsp3) is 0.318. The lowest BCUT2D eigenvalue weighted by atomic mass is 10.1. The summed E-state index contributed by atoms with van der Waals surface area (Å²) in [6, 6.07) is 14.6. The van der Waals surface area contributed by atoms with Gasteiger partial charge in [0.1, 0.15) is 0 Å². The predicted octanol–water partition coefficient (Wildman–Crippen LogP) is 3.99. The molecule has 1 aliphatic rings. The summed E-state index contributed by atoms with van der Waals surface area (Å²) < 4.78 is 4.97. The Morgan fingerprint density at radius 2 is 1.83 bits per heavy atom. The van der Waals surface area contributed by atoms with Gasteiger partial charge in [-0.2, -0.15) is 0 Å². The number of carbonyl (C=O) groups excluding carboxylic acids is 3. The Morgan fingerprint density at radius 1 is 1.17 bits per heavy atom. The van der Waals surface area contributed by atoms with Crippen molar-refractivity contribution >= 4 is 46.7 Å². The molecule has 3 rings (SSSR count). The molecule has 30 heavy (non-hydrogen) atoms. The number of hydrogen-bond donors (Lipinski definition) is 1. The Kier molecular flexibility index (Phi) is 6.99. The van der Waals surface area contributed by atoms with Crippen molar-refractivity contribution in [2.45, 2.75) is 18.2 Å². The van der Waals surface area contributed by atoms with E-state index in [0.29, 0.717) is 24.5 Å². The van der Waals surface area contributed by atoms with E-state index in [0.717, 1.165) is 10.6 Å². The van der Waals surface area contributed by atoms with E-state index >= 15 is 0 Å². The first-order chi connectivity index (χ1) is 14.4. The number of anilines is 3. The highest BCUT2D eigenvalue weighted by molar-refractivity contribution is 7.98. The van der Waals surface area contributed by atoms with Gasteiger partial charge in [-0.3, -0.25) is 14.5 Å². The largest absolute Gasteiger partial charge is 0.449 e. The summed E-state index contributed by atoms with van der Waals surface area (Å²) in [7, 11) is 1.62. The van der Waals surface area contributed by atoms with Crippen LogP contribution in [0.1, 0.15) is 13.3 Å². The van der Waals surface area contributed by atoms with Gasteiger partial charge in [0.05, 0.1) is 12.5 Å². The molecule has 1 unspecified atom stereocenters. The highest BCUT2D eigenvalue weighted by Gasteiger charge is 2.35. The van der Waals surface area contributed by atoms with Crippen molar-refractivity contribution in [2.75, 3.05) is 41.6 Å². The summed E-state index contributed by atoms with van der Waals surface area (Å²) in [5.41, 5.74) is 2.07. The molecular weight excluding hydrogens is 402 g/mol. The molecule has 1 saturated heterocycles. The Morgan fingerprint density at radius 3 is 2.43 bits per heavy atom. The van der Waals surface area contributed by atoms with Crippen LogP contribution in [0.25, 0.3) is 0 Å². The molecule has 0 bridgehead atoms. The summed E-state index contributed by atoms with van der Waals surface area (Å²) in [4.78, 5) is 41.1. The van der Waals surface area contributed by atoms with Gasteiger partial charge in [0, 0.05) is 42.0 Å². The number of nitrogens with zero attached hydrogens (tertiary/aromatic N) is 2. The lowest BCUT2D eigenvalue weighted by molar-refractivity contribution is -0.122. The fourth-order valence-corrected chi connectivity index (χ4v) is 3.64. The molecule has 0 aromatic heterocycles. The minimum absolute atomic E-state index is 0.0570. The first kappa shape index (κ1) is 21.7. The molecule has 1 heterocycles. The first-order valence-corrected chi connectivity index (χ1v) is 10.9. The van der Waals surface area contributed by atoms with Crippen LogP contribution in [0.15, 0.2) is 53.4 Å². The lowest BCUT2D eigenvalue weighted by Crippen LogP contribution is -2.28. The summed E-state index contributed by atoms with van der Waals surface area (Å²) in [5, 5.41) is 2.86. The van der Waals surface area contributed by atoms with Crippen LogP contribution in [0.5, 0.6) is 0 Å². The van der Waals surface area contributed by atoms with Crippen molar-refractivity contribution in [1.82, 2.24) is 0 Å². The van der Waals surface area contributed by atoms with Crippen LogP contribution in [0, 0.1) is 5.92 Å². The topological polar surface area (TPSA) is 79.0 Å². The van der Waals surface area contributed by atoms with Crippen LogP contribution < -0.4 is 15.1 Å². The quantitative estimate of drug-likeness (QED) is 0.705. The van der Waals surface area contributed by atoms with Crippen molar-refractivity contribution in [3.8, 4) is 0 Å². The molecule has 7 nitrogen and oxygen atoms in total. The summed E-state index contributed by atoms with van der Waals surface area (Å²) in [6.45, 7) is 2.40. The molecule has 8 heteroatoms. The fourth-order valence-electron chi connectivity index (χ4n) is 3.23. The SMILES string of the molecule is CCOC(=O)N(C)c1ccc(NC(=O)C2CC(=O)N(c3ccc(SC)cc3)C2)cc1. The maximum atomic E-state index is 12.7. The molecule has 1 aliphatic heterocycles. The summed E-state index contributed by atoms with van der Waals surface area (Å²) in [5.74, 6) is -0.670. The van der Waals surface area contributed by atoms with Gasteiger partial charge in [0.2, 0.25) is 11.8 Å². The molecule has 0 spiro atoms. The van der Waals surface area contributed by atoms with Crippen LogP contribution in [0.2, 0.25) is 0 Å². The minimum atomic E-state index is -0.440. The zero-order valence-electron chi connectivity index (χ0n) is 17.3. The van der Waals surface area contributed by atoms with Gasteiger partial charge in [-0.05, 0) is 61.7 Å². The van der Waals surface area contributed by atoms with Crippen LogP contribution >= 0.6 is 11.8 Å². The molecule has 0 radical (unpaired) electrons. The van der Waals surface area contributed by atoms with E-state index in [1.54, 1.807) is 54.9 Å². The van der Waals surface area contributed by atoms with Gasteiger partial charge >= 0.3 is 6.09 Å². The average molecular weight is 428 g/mol. The van der Waals surface area contributed by atoms with Gasteiger partial charge in [-0.1, -0.05) is 0 Å². The molecule has 158 valence electrons. The van der Waals surface area contributed by atoms with Crippen molar-refractivity contribution < 1.29 is 19.1 Å². The molecule has 1 N–H and O–H groups in total. The lowest BCUT2D eigenvalue weighted by Gasteiger charge is -2.18. The van der Waals surface area contributed by atoms with Gasteiger partial charge in [0.25, 0.3) is 0 Å². The Hall–Kier alpha value is -3.00. The van der Waals surface area contributed by atoms with E-state index in [-0.39, 0.29) is 18.2 Å². The average Bonchev–Trinajstić information content (AvgIpc) is 3.16. The van der Waals surface area contributed by atoms with Crippen molar-refractivity contribution in [2.24, 2.45) is 5.92 Å². The third-order valence-corrected chi connectivity index (χ3v) is 5.69. The zero-order chi connectivity index (χ0) is 21.7. The number of amides is 3. The van der Waals surface area contributed by atoms with Gasteiger partial charge in [0.15, 0.2) is 0 Å². The number of ether oxygens (including phenoxy) is 1. The smallest absolute Gasteiger partial charge is 0.413 e. The van der Waals surface area contributed by atoms with Crippen LogP contribution in [-0.4, -0.2) is 44.4 Å². The van der Waals surface area contributed by atoms with E-state index in [2.05, 4.69) is 5.32 Å². The second-order valence-electron chi connectivity index (χ2n) is 6.90. The predicted molar refractivity (Wildman–Crippen MR) is 119 cm³/mol. The Balaban J connectivity index is 1.60. The first-order valence-electron chi connectivity index (χ1n) is 9.68. The monoisotopic (exact) mass is 427 g/mol. The van der Waals surface area contributed by atoms with Crippen molar-refractivity contribution in [1.29, 1.82) is 0 Å². The van der Waals surface area contributed by atoms with Crippen LogP contribution in [0.4, 0.5) is 21.9 Å². The molecule has 0 aliphatic carbocycles. The molecule has 2 aromatic rings. The van der Waals surface area contributed by atoms with E-state index in [4.69, 9.17) is 4.74 Å². The molecule has 2 aromatic carbocycles. The molecule has 1 atom stereocenters. The normalized spacial score (nSPS) is 15.8. The minimum Gasteiger partial charge on any atom is -0.449 e. The maximum absolute atomic E-state index is 12.7. The summed E-state index contributed by atoms with van der Waals surface area (Å²) >= 11 is 1.64. The number of carbonyl (C=O) groups is 3. The van der Waals surface area contributed by atoms with E-state index in [1.807, 2.05) is 30.5 Å². The molecule has 1 fully saturated rings. The van der Waals surface area contributed by atoms with Gasteiger partial charge in [-0.25, -0.2) is 4.79 Å². The van der Waals surface area contributed by atoms with Crippen molar-refractivity contribution in [3.63, 3.8) is 0 Å². The number of hydrogen-bond acceptors (Lipinski definition) is 5. The highest BCUT2D eigenvalue weighted by atomic mass is 32.2. The van der Waals surface area contributed by atoms with Crippen molar-refractivity contribution in [3.05, 3.63) is 48.5 Å². The number of thioether (sulfide) groups is 1. The highest BCUT2D eigenvalue weighted by Crippen LogP contribution is 2.28. The molecule has 3 amide bonds. The number of benzene rings is 2. The van der Waals surface area contributed by atoms with Crippen LogP contribution in [-0.2, 0) is 14.3 Å². The second kappa shape index (κ2) is 9.67. The third kappa shape index (κ3) is 4.94. The Bertz CT molecular complexity index is 915. The third-order valence-electron chi connectivity index (χ3n) is 4.94. The Labute approximate surface area is 180 Å².